The SMILES string of the molecule is O=c1ccn([C@@H]2O[C@H](CO)C(O)[C@@H]2O)c(=O)n1Cc1noc2cc(OC(F)(F)F)ccc12. The number of alkyl halides is 3. The Morgan fingerprint density at radius 1 is 1.16 bits per heavy atom. The fourth-order valence-electron chi connectivity index (χ4n) is 3.41. The van der Waals surface area contributed by atoms with Crippen molar-refractivity contribution in [3.63, 3.8) is 0 Å². The number of halogens is 3. The molecule has 1 fully saturated rings. The summed E-state index contributed by atoms with van der Waals surface area (Å²) in [7, 11) is 0. The highest BCUT2D eigenvalue weighted by Crippen LogP contribution is 2.29. The molecular formula is C18H16F3N3O8. The highest BCUT2D eigenvalue weighted by atomic mass is 19.4. The average Bonchev–Trinajstić information content (AvgIpc) is 3.25. The van der Waals surface area contributed by atoms with Gasteiger partial charge in [0.15, 0.2) is 11.8 Å². The Hall–Kier alpha value is -3.20. The second-order valence-electron chi connectivity index (χ2n) is 6.99. The highest BCUT2D eigenvalue weighted by molar-refractivity contribution is 5.80. The van der Waals surface area contributed by atoms with Crippen molar-refractivity contribution in [2.75, 3.05) is 6.61 Å². The number of ether oxygens (including phenoxy) is 2. The summed E-state index contributed by atoms with van der Waals surface area (Å²) in [6, 6.07) is 4.25. The number of aliphatic hydroxyl groups is 3. The van der Waals surface area contributed by atoms with E-state index in [-0.39, 0.29) is 16.7 Å². The maximum Gasteiger partial charge on any atom is 0.573 e. The first-order chi connectivity index (χ1) is 15.1. The largest absolute Gasteiger partial charge is 0.573 e. The first-order valence-corrected chi connectivity index (χ1v) is 9.17. The van der Waals surface area contributed by atoms with Gasteiger partial charge in [0, 0.05) is 23.7 Å². The Bertz CT molecular complexity index is 1250. The van der Waals surface area contributed by atoms with Crippen molar-refractivity contribution in [1.82, 2.24) is 14.3 Å². The lowest BCUT2D eigenvalue weighted by Crippen LogP contribution is -2.43. The van der Waals surface area contributed by atoms with Crippen LogP contribution >= 0.6 is 0 Å². The van der Waals surface area contributed by atoms with E-state index in [0.29, 0.717) is 0 Å². The summed E-state index contributed by atoms with van der Waals surface area (Å²) in [6.07, 6.45) is -9.31. The van der Waals surface area contributed by atoms with E-state index in [9.17, 15) is 38.1 Å². The first kappa shape index (κ1) is 22.0. The number of hydrogen-bond donors (Lipinski definition) is 3. The Morgan fingerprint density at radius 3 is 2.56 bits per heavy atom. The van der Waals surface area contributed by atoms with Crippen molar-refractivity contribution in [2.45, 2.75) is 37.4 Å². The van der Waals surface area contributed by atoms with E-state index in [1.54, 1.807) is 0 Å². The summed E-state index contributed by atoms with van der Waals surface area (Å²) in [5.74, 6) is -0.531. The van der Waals surface area contributed by atoms with Crippen LogP contribution in [0, 0.1) is 0 Å². The van der Waals surface area contributed by atoms with Gasteiger partial charge < -0.3 is 29.3 Å². The summed E-state index contributed by atoms with van der Waals surface area (Å²) >= 11 is 0. The van der Waals surface area contributed by atoms with Crippen LogP contribution in [0.5, 0.6) is 5.75 Å². The lowest BCUT2D eigenvalue weighted by atomic mass is 10.1. The molecule has 0 spiro atoms. The Morgan fingerprint density at radius 2 is 1.91 bits per heavy atom. The molecule has 1 unspecified atom stereocenters. The van der Waals surface area contributed by atoms with Crippen LogP contribution in [-0.4, -0.2) is 60.9 Å². The molecule has 1 aliphatic rings. The quantitative estimate of drug-likeness (QED) is 0.468. The molecule has 3 aromatic rings. The van der Waals surface area contributed by atoms with E-state index >= 15 is 0 Å². The standard InChI is InChI=1S/C18H16F3N3O8/c19-18(20,21)31-8-1-2-9-10(22-32-11(9)5-8)6-24-13(26)3-4-23(17(24)29)16-15(28)14(27)12(7-25)30-16/h1-5,12,14-16,25,27-28H,6-7H2/t12-,14?,15+,16-/m1/s1. The van der Waals surface area contributed by atoms with E-state index in [4.69, 9.17) is 9.26 Å². The maximum absolute atomic E-state index is 12.9. The van der Waals surface area contributed by atoms with E-state index in [1.807, 2.05) is 0 Å². The third-order valence-electron chi connectivity index (χ3n) is 4.95. The third kappa shape index (κ3) is 4.00. The zero-order valence-electron chi connectivity index (χ0n) is 16.0. The van der Waals surface area contributed by atoms with Crippen molar-refractivity contribution < 1.29 is 42.5 Å². The lowest BCUT2D eigenvalue weighted by molar-refractivity contribution is -0.274. The van der Waals surface area contributed by atoms with Crippen molar-refractivity contribution in [1.29, 1.82) is 0 Å². The molecule has 1 aliphatic heterocycles. The minimum atomic E-state index is -4.89. The van der Waals surface area contributed by atoms with Gasteiger partial charge in [0.25, 0.3) is 5.56 Å². The van der Waals surface area contributed by atoms with Crippen LogP contribution in [0.15, 0.2) is 44.6 Å². The van der Waals surface area contributed by atoms with E-state index < -0.39 is 61.1 Å². The summed E-state index contributed by atoms with van der Waals surface area (Å²) in [4.78, 5) is 25.2. The molecule has 0 radical (unpaired) electrons. The highest BCUT2D eigenvalue weighted by Gasteiger charge is 2.44. The molecule has 32 heavy (non-hydrogen) atoms. The molecule has 0 saturated carbocycles. The minimum absolute atomic E-state index is 0.0606. The van der Waals surface area contributed by atoms with Crippen LogP contribution in [0.4, 0.5) is 13.2 Å². The fourth-order valence-corrected chi connectivity index (χ4v) is 3.41. The van der Waals surface area contributed by atoms with Crippen molar-refractivity contribution in [2.24, 2.45) is 0 Å². The van der Waals surface area contributed by atoms with Gasteiger partial charge in [-0.1, -0.05) is 5.16 Å². The maximum atomic E-state index is 12.9. The van der Waals surface area contributed by atoms with E-state index in [1.165, 1.54) is 6.07 Å². The van der Waals surface area contributed by atoms with Gasteiger partial charge in [0.05, 0.1) is 13.2 Å². The van der Waals surface area contributed by atoms with Gasteiger partial charge in [-0.15, -0.1) is 13.2 Å². The zero-order chi connectivity index (χ0) is 23.2. The van der Waals surface area contributed by atoms with Crippen molar-refractivity contribution in [3.05, 3.63) is 57.0 Å². The topological polar surface area (TPSA) is 149 Å². The Kier molecular flexibility index (Phi) is 5.54. The fraction of sp³-hybridized carbons (Fsp3) is 0.389. The van der Waals surface area contributed by atoms with Gasteiger partial charge in [-0.2, -0.15) is 0 Å². The molecule has 1 aromatic carbocycles. The molecule has 1 saturated heterocycles. The zero-order valence-corrected chi connectivity index (χ0v) is 16.0. The Balaban J connectivity index is 1.67. The number of rotatable bonds is 5. The van der Waals surface area contributed by atoms with Crippen LogP contribution in [-0.2, 0) is 11.3 Å². The number of aliphatic hydroxyl groups excluding tert-OH is 3. The molecule has 0 aliphatic carbocycles. The van der Waals surface area contributed by atoms with Gasteiger partial charge >= 0.3 is 12.1 Å². The number of fused-ring (bicyclic) bond motifs is 1. The van der Waals surface area contributed by atoms with Crippen molar-refractivity contribution in [3.8, 4) is 5.75 Å². The van der Waals surface area contributed by atoms with Gasteiger partial charge in [-0.25, -0.2) is 4.79 Å². The summed E-state index contributed by atoms with van der Waals surface area (Å²) < 4.78 is 52.9. The van der Waals surface area contributed by atoms with Gasteiger partial charge in [0.1, 0.15) is 29.8 Å². The molecule has 3 heterocycles. The van der Waals surface area contributed by atoms with Crippen LogP contribution in [0.3, 0.4) is 0 Å². The van der Waals surface area contributed by atoms with Crippen LogP contribution in [0.1, 0.15) is 11.9 Å². The van der Waals surface area contributed by atoms with Gasteiger partial charge in [-0.05, 0) is 12.1 Å². The van der Waals surface area contributed by atoms with E-state index in [2.05, 4.69) is 9.89 Å². The van der Waals surface area contributed by atoms with Crippen LogP contribution in [0.2, 0.25) is 0 Å². The average molecular weight is 459 g/mol. The van der Waals surface area contributed by atoms with Gasteiger partial charge in [-0.3, -0.25) is 13.9 Å². The molecule has 4 atom stereocenters. The van der Waals surface area contributed by atoms with Gasteiger partial charge in [0.2, 0.25) is 0 Å². The molecule has 172 valence electrons. The Labute approximate surface area is 175 Å². The predicted molar refractivity (Wildman–Crippen MR) is 97.8 cm³/mol. The first-order valence-electron chi connectivity index (χ1n) is 9.17. The second kappa shape index (κ2) is 8.05. The predicted octanol–water partition coefficient (Wildman–Crippen LogP) is -0.290. The second-order valence-corrected chi connectivity index (χ2v) is 6.99. The van der Waals surface area contributed by atoms with Crippen molar-refractivity contribution >= 4 is 11.0 Å². The molecular weight excluding hydrogens is 443 g/mol. The molecule has 4 rings (SSSR count). The molecule has 11 nitrogen and oxygen atoms in total. The molecule has 14 heteroatoms. The third-order valence-corrected chi connectivity index (χ3v) is 4.95. The van der Waals surface area contributed by atoms with Crippen LogP contribution in [0.25, 0.3) is 11.0 Å². The summed E-state index contributed by atoms with van der Waals surface area (Å²) in [5, 5.41) is 33.2. The smallest absolute Gasteiger partial charge is 0.406 e. The van der Waals surface area contributed by atoms with Crippen LogP contribution < -0.4 is 16.0 Å². The number of benzene rings is 1. The summed E-state index contributed by atoms with van der Waals surface area (Å²) in [5.41, 5.74) is -1.63. The molecule has 3 N–H and O–H groups in total. The molecule has 0 bridgehead atoms. The minimum Gasteiger partial charge on any atom is -0.406 e. The lowest BCUT2D eigenvalue weighted by Gasteiger charge is -2.18. The van der Waals surface area contributed by atoms with E-state index in [0.717, 1.165) is 33.5 Å². The monoisotopic (exact) mass is 459 g/mol. The number of nitrogens with zero attached hydrogens (tertiary/aromatic N) is 3. The molecule has 2 aromatic heterocycles. The number of hydrogen-bond acceptors (Lipinski definition) is 9. The normalized spacial score (nSPS) is 23.7. The summed E-state index contributed by atoms with van der Waals surface area (Å²) in [6.45, 7) is -1.01. The number of aromatic nitrogens is 3. The molecule has 0 amide bonds.